The van der Waals surface area contributed by atoms with Crippen molar-refractivity contribution in [2.45, 2.75) is 25.8 Å². The zero-order valence-corrected chi connectivity index (χ0v) is 9.26. The van der Waals surface area contributed by atoms with Gasteiger partial charge < -0.3 is 5.32 Å². The first-order valence-electron chi connectivity index (χ1n) is 5.27. The maximum Gasteiger partial charge on any atom is 0.163 e. The smallest absolute Gasteiger partial charge is 0.163 e. The molecule has 1 unspecified atom stereocenters. The van der Waals surface area contributed by atoms with Gasteiger partial charge in [-0.1, -0.05) is 12.1 Å². The topological polar surface area (TPSA) is 12.0 Å². The highest BCUT2D eigenvalue weighted by Gasteiger charge is 2.12. The predicted octanol–water partition coefficient (Wildman–Crippen LogP) is 3.03. The number of unbranched alkanes of at least 4 members (excludes halogenated alkanes) is 1. The van der Waals surface area contributed by atoms with Gasteiger partial charge in [-0.05, 0) is 26.0 Å². The summed E-state index contributed by atoms with van der Waals surface area (Å²) >= 11 is 0. The molecule has 1 aromatic rings. The van der Waals surface area contributed by atoms with Crippen molar-refractivity contribution in [2.75, 3.05) is 6.54 Å². The molecule has 1 atom stereocenters. The quantitative estimate of drug-likeness (QED) is 0.597. The molecule has 0 aliphatic rings. The number of hydrogen-bond donors (Lipinski definition) is 1. The molecule has 0 saturated heterocycles. The van der Waals surface area contributed by atoms with E-state index in [2.05, 4.69) is 11.2 Å². The average molecular weight is 223 g/mol. The summed E-state index contributed by atoms with van der Waals surface area (Å²) in [6, 6.07) is 3.99. The van der Waals surface area contributed by atoms with Gasteiger partial charge in [-0.3, -0.25) is 0 Å². The number of benzene rings is 1. The van der Waals surface area contributed by atoms with E-state index in [1.165, 1.54) is 6.07 Å². The molecule has 1 nitrogen and oxygen atoms in total. The van der Waals surface area contributed by atoms with Crippen LogP contribution in [0.3, 0.4) is 0 Å². The van der Waals surface area contributed by atoms with E-state index in [-0.39, 0.29) is 6.04 Å². The summed E-state index contributed by atoms with van der Waals surface area (Å²) in [6.45, 7) is 2.50. The van der Waals surface area contributed by atoms with Crippen LogP contribution in [0.5, 0.6) is 0 Å². The Morgan fingerprint density at radius 2 is 2.19 bits per heavy atom. The first-order valence-corrected chi connectivity index (χ1v) is 5.27. The lowest BCUT2D eigenvalue weighted by molar-refractivity contribution is 0.472. The molecule has 0 radical (unpaired) electrons. The first kappa shape index (κ1) is 12.7. The van der Waals surface area contributed by atoms with E-state index in [0.29, 0.717) is 18.5 Å². The molecule has 0 aliphatic heterocycles. The van der Waals surface area contributed by atoms with Gasteiger partial charge in [-0.15, -0.1) is 12.3 Å². The fraction of sp³-hybridized carbons (Fsp3) is 0.385. The Morgan fingerprint density at radius 1 is 1.44 bits per heavy atom. The van der Waals surface area contributed by atoms with Gasteiger partial charge in [0.2, 0.25) is 0 Å². The minimum atomic E-state index is -0.810. The van der Waals surface area contributed by atoms with Crippen molar-refractivity contribution in [2.24, 2.45) is 0 Å². The van der Waals surface area contributed by atoms with Gasteiger partial charge >= 0.3 is 0 Å². The van der Waals surface area contributed by atoms with Gasteiger partial charge in [0.15, 0.2) is 11.6 Å². The van der Waals surface area contributed by atoms with Crippen LogP contribution in [0.4, 0.5) is 8.78 Å². The number of halogens is 2. The van der Waals surface area contributed by atoms with Gasteiger partial charge in [-0.25, -0.2) is 8.78 Å². The second-order valence-corrected chi connectivity index (χ2v) is 3.63. The van der Waals surface area contributed by atoms with Gasteiger partial charge in [0.1, 0.15) is 0 Å². The molecule has 86 valence electrons. The van der Waals surface area contributed by atoms with Crippen LogP contribution in [0.15, 0.2) is 18.2 Å². The van der Waals surface area contributed by atoms with Crippen LogP contribution in [-0.4, -0.2) is 6.54 Å². The molecule has 0 fully saturated rings. The van der Waals surface area contributed by atoms with E-state index < -0.39 is 11.6 Å². The fourth-order valence-electron chi connectivity index (χ4n) is 1.47. The van der Waals surface area contributed by atoms with Crippen molar-refractivity contribution >= 4 is 0 Å². The first-order chi connectivity index (χ1) is 7.66. The highest BCUT2D eigenvalue weighted by Crippen LogP contribution is 2.18. The molecular weight excluding hydrogens is 208 g/mol. The van der Waals surface area contributed by atoms with Crippen LogP contribution in [0.1, 0.15) is 31.4 Å². The molecule has 0 bridgehead atoms. The minimum absolute atomic E-state index is 0.214. The summed E-state index contributed by atoms with van der Waals surface area (Å²) in [5.41, 5.74) is 0.348. The zero-order valence-electron chi connectivity index (χ0n) is 9.26. The largest absolute Gasteiger partial charge is 0.310 e. The third-order valence-electron chi connectivity index (χ3n) is 2.40. The molecule has 1 N–H and O–H groups in total. The minimum Gasteiger partial charge on any atom is -0.310 e. The maximum absolute atomic E-state index is 13.4. The van der Waals surface area contributed by atoms with Crippen molar-refractivity contribution in [1.29, 1.82) is 0 Å². The molecule has 0 amide bonds. The molecule has 1 aromatic carbocycles. The zero-order chi connectivity index (χ0) is 12.0. The normalized spacial score (nSPS) is 12.1. The van der Waals surface area contributed by atoms with E-state index in [1.54, 1.807) is 13.0 Å². The third kappa shape index (κ3) is 3.32. The Balaban J connectivity index is 2.56. The Kier molecular flexibility index (Phi) is 4.94. The highest BCUT2D eigenvalue weighted by molar-refractivity contribution is 5.21. The Morgan fingerprint density at radius 3 is 2.88 bits per heavy atom. The van der Waals surface area contributed by atoms with E-state index in [4.69, 9.17) is 6.42 Å². The molecule has 1 rings (SSSR count). The highest BCUT2D eigenvalue weighted by atomic mass is 19.2. The summed E-state index contributed by atoms with van der Waals surface area (Å²) in [5, 5.41) is 3.10. The van der Waals surface area contributed by atoms with E-state index in [9.17, 15) is 8.78 Å². The van der Waals surface area contributed by atoms with Crippen LogP contribution < -0.4 is 5.32 Å². The van der Waals surface area contributed by atoms with Crippen molar-refractivity contribution in [3.05, 3.63) is 35.4 Å². The molecule has 16 heavy (non-hydrogen) atoms. The van der Waals surface area contributed by atoms with Gasteiger partial charge in [-0.2, -0.15) is 0 Å². The van der Waals surface area contributed by atoms with Crippen LogP contribution in [0.2, 0.25) is 0 Å². The SMILES string of the molecule is C#CCCCNC(C)c1cccc(F)c1F. The van der Waals surface area contributed by atoms with Crippen molar-refractivity contribution in [3.8, 4) is 12.3 Å². The number of rotatable bonds is 5. The second-order valence-electron chi connectivity index (χ2n) is 3.63. The van der Waals surface area contributed by atoms with E-state index in [1.807, 2.05) is 0 Å². The summed E-state index contributed by atoms with van der Waals surface area (Å²) in [5.74, 6) is 0.939. The van der Waals surface area contributed by atoms with E-state index >= 15 is 0 Å². The lowest BCUT2D eigenvalue weighted by atomic mass is 10.1. The van der Waals surface area contributed by atoms with Gasteiger partial charge in [0.05, 0.1) is 0 Å². The van der Waals surface area contributed by atoms with Crippen molar-refractivity contribution < 1.29 is 8.78 Å². The summed E-state index contributed by atoms with van der Waals surface area (Å²) in [7, 11) is 0. The Bertz CT molecular complexity index is 382. The van der Waals surface area contributed by atoms with E-state index in [0.717, 1.165) is 12.5 Å². The summed E-state index contributed by atoms with van der Waals surface area (Å²) in [4.78, 5) is 0. The van der Waals surface area contributed by atoms with Crippen molar-refractivity contribution in [1.82, 2.24) is 5.32 Å². The molecular formula is C13H15F2N. The third-order valence-corrected chi connectivity index (χ3v) is 2.40. The molecule has 3 heteroatoms. The standard InChI is InChI=1S/C13H15F2N/c1-3-4-5-9-16-10(2)11-7-6-8-12(14)13(11)15/h1,6-8,10,16H,4-5,9H2,2H3. The molecule has 0 aliphatic carbocycles. The second kappa shape index (κ2) is 6.24. The number of nitrogens with one attached hydrogen (secondary N) is 1. The van der Waals surface area contributed by atoms with Crippen molar-refractivity contribution in [3.63, 3.8) is 0 Å². The van der Waals surface area contributed by atoms with Gasteiger partial charge in [0, 0.05) is 18.0 Å². The molecule has 0 heterocycles. The lowest BCUT2D eigenvalue weighted by Crippen LogP contribution is -2.21. The summed E-state index contributed by atoms with van der Waals surface area (Å²) in [6.07, 6.45) is 6.63. The lowest BCUT2D eigenvalue weighted by Gasteiger charge is -2.14. The fourth-order valence-corrected chi connectivity index (χ4v) is 1.47. The summed E-state index contributed by atoms with van der Waals surface area (Å²) < 4.78 is 26.3. The maximum atomic E-state index is 13.4. The number of hydrogen-bond acceptors (Lipinski definition) is 1. The van der Waals surface area contributed by atoms with Crippen LogP contribution in [-0.2, 0) is 0 Å². The average Bonchev–Trinajstić information content (AvgIpc) is 2.28. The van der Waals surface area contributed by atoms with Crippen LogP contribution in [0.25, 0.3) is 0 Å². The Labute approximate surface area is 94.9 Å². The predicted molar refractivity (Wildman–Crippen MR) is 60.8 cm³/mol. The van der Waals surface area contributed by atoms with Crippen LogP contribution >= 0.6 is 0 Å². The van der Waals surface area contributed by atoms with Gasteiger partial charge in [0.25, 0.3) is 0 Å². The molecule has 0 saturated carbocycles. The van der Waals surface area contributed by atoms with Crippen LogP contribution in [0, 0.1) is 24.0 Å². The molecule has 0 aromatic heterocycles. The Hall–Kier alpha value is -1.40. The monoisotopic (exact) mass is 223 g/mol. The number of terminal acetylenes is 1. The molecule has 0 spiro atoms.